The molecular formula is C25H26F2N2O2. The highest BCUT2D eigenvalue weighted by Gasteiger charge is 2.34. The highest BCUT2D eigenvalue weighted by molar-refractivity contribution is 5.98. The molecule has 162 valence electrons. The van der Waals surface area contributed by atoms with Crippen LogP contribution in [-0.2, 0) is 6.42 Å². The number of aromatic nitrogens is 1. The summed E-state index contributed by atoms with van der Waals surface area (Å²) in [7, 11) is 0. The lowest BCUT2D eigenvalue weighted by Crippen LogP contribution is -2.51. The predicted octanol–water partition coefficient (Wildman–Crippen LogP) is 5.59. The van der Waals surface area contributed by atoms with Gasteiger partial charge >= 0.3 is 0 Å². The largest absolute Gasteiger partial charge is 0.488 e. The summed E-state index contributed by atoms with van der Waals surface area (Å²) in [5.41, 5.74) is 1.38. The number of hydrogen-bond acceptors (Lipinski definition) is 3. The number of hydrogen-bond donors (Lipinski definition) is 1. The van der Waals surface area contributed by atoms with Crippen molar-refractivity contribution in [1.82, 2.24) is 10.3 Å². The van der Waals surface area contributed by atoms with E-state index in [4.69, 9.17) is 4.74 Å². The van der Waals surface area contributed by atoms with Crippen LogP contribution >= 0.6 is 0 Å². The lowest BCUT2D eigenvalue weighted by Gasteiger charge is -2.38. The van der Waals surface area contributed by atoms with Crippen LogP contribution in [0.3, 0.4) is 0 Å². The maximum Gasteiger partial charge on any atom is 0.253 e. The topological polar surface area (TPSA) is 51.2 Å². The van der Waals surface area contributed by atoms with E-state index in [-0.39, 0.29) is 29.3 Å². The molecule has 0 spiro atoms. The number of fused-ring (bicyclic) bond motifs is 1. The smallest absolute Gasteiger partial charge is 0.253 e. The molecule has 0 unspecified atom stereocenters. The van der Waals surface area contributed by atoms with Gasteiger partial charge in [0.2, 0.25) is 5.82 Å². The molecule has 1 saturated carbocycles. The Morgan fingerprint density at radius 3 is 2.58 bits per heavy atom. The van der Waals surface area contributed by atoms with Crippen molar-refractivity contribution in [3.63, 3.8) is 0 Å². The first-order valence-corrected chi connectivity index (χ1v) is 10.8. The van der Waals surface area contributed by atoms with E-state index >= 15 is 0 Å². The van der Waals surface area contributed by atoms with E-state index in [1.165, 1.54) is 11.8 Å². The Morgan fingerprint density at radius 1 is 1.13 bits per heavy atom. The third-order valence-corrected chi connectivity index (χ3v) is 5.95. The lowest BCUT2D eigenvalue weighted by molar-refractivity contribution is 0.0868. The molecule has 1 N–H and O–H groups in total. The fourth-order valence-corrected chi connectivity index (χ4v) is 4.47. The van der Waals surface area contributed by atoms with Gasteiger partial charge in [-0.1, -0.05) is 49.6 Å². The van der Waals surface area contributed by atoms with E-state index in [1.54, 1.807) is 13.0 Å². The Hall–Kier alpha value is -3.02. The number of amides is 1. The van der Waals surface area contributed by atoms with Crippen LogP contribution in [0.25, 0.3) is 10.9 Å². The molecule has 2 aromatic carbocycles. The third kappa shape index (κ3) is 4.53. The van der Waals surface area contributed by atoms with Crippen LogP contribution < -0.4 is 10.1 Å². The van der Waals surface area contributed by atoms with Crippen molar-refractivity contribution in [2.45, 2.75) is 51.0 Å². The molecule has 0 bridgehead atoms. The molecule has 1 fully saturated rings. The minimum absolute atomic E-state index is 0.182. The van der Waals surface area contributed by atoms with E-state index in [0.717, 1.165) is 44.6 Å². The van der Waals surface area contributed by atoms with Crippen LogP contribution in [-0.4, -0.2) is 23.0 Å². The first-order valence-electron chi connectivity index (χ1n) is 10.8. The van der Waals surface area contributed by atoms with Crippen LogP contribution in [0.1, 0.15) is 54.9 Å². The fraction of sp³-hybridized carbons (Fsp3) is 0.360. The molecule has 1 amide bonds. The van der Waals surface area contributed by atoms with Gasteiger partial charge in [0, 0.05) is 17.1 Å². The monoisotopic (exact) mass is 424 g/mol. The molecule has 3 aromatic rings. The van der Waals surface area contributed by atoms with E-state index in [2.05, 4.69) is 22.4 Å². The summed E-state index contributed by atoms with van der Waals surface area (Å²) in [6.07, 6.45) is 7.25. The first-order chi connectivity index (χ1) is 15.0. The molecule has 0 aliphatic heterocycles. The van der Waals surface area contributed by atoms with Gasteiger partial charge in [0.15, 0.2) is 11.6 Å². The van der Waals surface area contributed by atoms with Gasteiger partial charge in [0.05, 0.1) is 12.2 Å². The summed E-state index contributed by atoms with van der Waals surface area (Å²) in [6, 6.07) is 12.7. The Morgan fingerprint density at radius 2 is 1.87 bits per heavy atom. The van der Waals surface area contributed by atoms with Crippen molar-refractivity contribution in [1.29, 1.82) is 0 Å². The Kier molecular flexibility index (Phi) is 6.16. The van der Waals surface area contributed by atoms with Gasteiger partial charge < -0.3 is 10.1 Å². The fourth-order valence-electron chi connectivity index (χ4n) is 4.47. The second-order valence-corrected chi connectivity index (χ2v) is 8.19. The van der Waals surface area contributed by atoms with Gasteiger partial charge in [0.25, 0.3) is 5.91 Å². The molecule has 0 saturated heterocycles. The summed E-state index contributed by atoms with van der Waals surface area (Å²) in [5, 5.41) is 3.58. The zero-order chi connectivity index (χ0) is 21.8. The molecule has 1 aromatic heterocycles. The second-order valence-electron chi connectivity index (χ2n) is 8.19. The van der Waals surface area contributed by atoms with Gasteiger partial charge in [-0.15, -0.1) is 0 Å². The SMILES string of the molecule is CCOc1c(F)c(F)cc2cc(C(=O)NC3(Cc4ccccc4)CCCCC3)cnc12. The minimum Gasteiger partial charge on any atom is -0.488 e. The van der Waals surface area contributed by atoms with Gasteiger partial charge in [-0.2, -0.15) is 4.39 Å². The lowest BCUT2D eigenvalue weighted by atomic mass is 9.77. The second kappa shape index (κ2) is 9.00. The molecular weight excluding hydrogens is 398 g/mol. The summed E-state index contributed by atoms with van der Waals surface area (Å²) in [4.78, 5) is 17.4. The maximum absolute atomic E-state index is 14.1. The maximum atomic E-state index is 14.1. The zero-order valence-corrected chi connectivity index (χ0v) is 17.6. The molecule has 4 nitrogen and oxygen atoms in total. The molecule has 31 heavy (non-hydrogen) atoms. The molecule has 1 aliphatic carbocycles. The molecule has 1 heterocycles. The quantitative estimate of drug-likeness (QED) is 0.561. The van der Waals surface area contributed by atoms with E-state index in [0.29, 0.717) is 10.9 Å². The summed E-state index contributed by atoms with van der Waals surface area (Å²) in [6.45, 7) is 1.87. The van der Waals surface area contributed by atoms with Gasteiger partial charge in [-0.25, -0.2) is 4.39 Å². The Balaban J connectivity index is 1.63. The van der Waals surface area contributed by atoms with Crippen molar-refractivity contribution >= 4 is 16.8 Å². The van der Waals surface area contributed by atoms with E-state index < -0.39 is 11.6 Å². The van der Waals surface area contributed by atoms with E-state index in [1.807, 2.05) is 18.2 Å². The Labute approximate surface area is 180 Å². The Bertz CT molecular complexity index is 1080. The highest BCUT2D eigenvalue weighted by Crippen LogP contribution is 2.33. The number of ether oxygens (including phenoxy) is 1. The van der Waals surface area contributed by atoms with Gasteiger partial charge in [0.1, 0.15) is 5.52 Å². The molecule has 6 heteroatoms. The number of nitrogens with one attached hydrogen (secondary N) is 1. The zero-order valence-electron chi connectivity index (χ0n) is 17.6. The average molecular weight is 424 g/mol. The third-order valence-electron chi connectivity index (χ3n) is 5.95. The van der Waals surface area contributed by atoms with Crippen LogP contribution in [0.15, 0.2) is 48.7 Å². The van der Waals surface area contributed by atoms with Crippen molar-refractivity contribution in [2.75, 3.05) is 6.61 Å². The van der Waals surface area contributed by atoms with Crippen LogP contribution in [0, 0.1) is 11.6 Å². The van der Waals surface area contributed by atoms with Crippen molar-refractivity contribution < 1.29 is 18.3 Å². The molecule has 0 atom stereocenters. The number of benzene rings is 2. The number of nitrogens with zero attached hydrogens (tertiary/aromatic N) is 1. The van der Waals surface area contributed by atoms with Gasteiger partial charge in [-0.05, 0) is 43.9 Å². The summed E-state index contributed by atoms with van der Waals surface area (Å²) >= 11 is 0. The van der Waals surface area contributed by atoms with Gasteiger partial charge in [-0.3, -0.25) is 9.78 Å². The predicted molar refractivity (Wildman–Crippen MR) is 116 cm³/mol. The summed E-state index contributed by atoms with van der Waals surface area (Å²) in [5.74, 6) is -2.57. The molecule has 0 radical (unpaired) electrons. The van der Waals surface area contributed by atoms with Crippen LogP contribution in [0.4, 0.5) is 8.78 Å². The van der Waals surface area contributed by atoms with Crippen LogP contribution in [0.5, 0.6) is 5.75 Å². The highest BCUT2D eigenvalue weighted by atomic mass is 19.2. The standard InChI is InChI=1S/C25H26F2N2O2/c1-2-31-23-21(27)20(26)14-18-13-19(16-28-22(18)23)24(30)29-25(11-7-4-8-12-25)15-17-9-5-3-6-10-17/h3,5-6,9-10,13-14,16H,2,4,7-8,11-12,15H2,1H3,(H,29,30). The van der Waals surface area contributed by atoms with E-state index in [9.17, 15) is 13.6 Å². The van der Waals surface area contributed by atoms with Crippen molar-refractivity contribution in [3.05, 3.63) is 71.4 Å². The number of halogens is 2. The first kappa shape index (κ1) is 21.2. The number of carbonyl (C=O) groups excluding carboxylic acids is 1. The molecule has 1 aliphatic rings. The molecule has 4 rings (SSSR count). The normalized spacial score (nSPS) is 15.6. The minimum atomic E-state index is -1.07. The average Bonchev–Trinajstić information content (AvgIpc) is 2.77. The summed E-state index contributed by atoms with van der Waals surface area (Å²) < 4.78 is 33.4. The van der Waals surface area contributed by atoms with Crippen LogP contribution in [0.2, 0.25) is 0 Å². The number of pyridine rings is 1. The number of carbonyl (C=O) groups is 1. The van der Waals surface area contributed by atoms with Crippen molar-refractivity contribution in [3.8, 4) is 5.75 Å². The number of rotatable bonds is 6. The van der Waals surface area contributed by atoms with Crippen molar-refractivity contribution in [2.24, 2.45) is 0 Å².